The van der Waals surface area contributed by atoms with Crippen LogP contribution in [0.25, 0.3) is 10.9 Å². The van der Waals surface area contributed by atoms with Crippen LogP contribution in [0, 0.1) is 0 Å². The van der Waals surface area contributed by atoms with Crippen molar-refractivity contribution in [3.05, 3.63) is 36.0 Å². The van der Waals surface area contributed by atoms with Gasteiger partial charge in [-0.3, -0.25) is 0 Å². The van der Waals surface area contributed by atoms with Crippen LogP contribution in [0.5, 0.6) is 0 Å². The van der Waals surface area contributed by atoms with E-state index >= 15 is 0 Å². The zero-order valence-electron chi connectivity index (χ0n) is 11.3. The summed E-state index contributed by atoms with van der Waals surface area (Å²) in [5.74, 6) is 0. The molecule has 1 aromatic heterocycles. The molecule has 0 saturated carbocycles. The van der Waals surface area contributed by atoms with E-state index in [-0.39, 0.29) is 0 Å². The number of benzene rings is 1. The van der Waals surface area contributed by atoms with Gasteiger partial charge in [0.15, 0.2) is 0 Å². The lowest BCUT2D eigenvalue weighted by Gasteiger charge is -2.23. The Hall–Kier alpha value is -1.32. The van der Waals surface area contributed by atoms with Crippen LogP contribution in [0.3, 0.4) is 0 Å². The van der Waals surface area contributed by atoms with Gasteiger partial charge < -0.3 is 15.0 Å². The first kappa shape index (κ1) is 12.7. The third-order valence-corrected chi connectivity index (χ3v) is 3.96. The molecule has 1 saturated heterocycles. The Labute approximate surface area is 114 Å². The molecule has 1 unspecified atom stereocenters. The van der Waals surface area contributed by atoms with E-state index in [1.807, 2.05) is 0 Å². The molecule has 0 bridgehead atoms. The fraction of sp³-hybridized carbons (Fsp3) is 0.500. The van der Waals surface area contributed by atoms with Crippen LogP contribution in [0.15, 0.2) is 30.5 Å². The minimum absolute atomic E-state index is 0.371. The van der Waals surface area contributed by atoms with E-state index < -0.39 is 0 Å². The van der Waals surface area contributed by atoms with Crippen molar-refractivity contribution in [2.24, 2.45) is 5.73 Å². The van der Waals surface area contributed by atoms with E-state index in [4.69, 9.17) is 10.5 Å². The van der Waals surface area contributed by atoms with Gasteiger partial charge in [-0.2, -0.15) is 0 Å². The van der Waals surface area contributed by atoms with Gasteiger partial charge in [0.05, 0.1) is 6.10 Å². The number of nitrogens with two attached hydrogens (primary N) is 1. The molecular weight excluding hydrogens is 236 g/mol. The maximum absolute atomic E-state index is 5.85. The molecule has 0 amide bonds. The van der Waals surface area contributed by atoms with Gasteiger partial charge in [0.2, 0.25) is 0 Å². The Bertz CT molecular complexity index is 541. The van der Waals surface area contributed by atoms with E-state index in [1.165, 1.54) is 35.7 Å². The van der Waals surface area contributed by atoms with Crippen molar-refractivity contribution >= 4 is 10.9 Å². The molecule has 19 heavy (non-hydrogen) atoms. The molecule has 0 spiro atoms. The number of aromatic nitrogens is 1. The number of fused-ring (bicyclic) bond motifs is 1. The summed E-state index contributed by atoms with van der Waals surface area (Å²) in [6.45, 7) is 2.58. The van der Waals surface area contributed by atoms with Gasteiger partial charge in [-0.25, -0.2) is 0 Å². The predicted octanol–water partition coefficient (Wildman–Crippen LogP) is 2.71. The molecular formula is C16H22N2O. The van der Waals surface area contributed by atoms with Gasteiger partial charge in [0, 0.05) is 30.3 Å². The fourth-order valence-corrected chi connectivity index (χ4v) is 3.00. The molecule has 1 atom stereocenters. The van der Waals surface area contributed by atoms with E-state index in [1.54, 1.807) is 0 Å². The summed E-state index contributed by atoms with van der Waals surface area (Å²) >= 11 is 0. The lowest BCUT2D eigenvalue weighted by molar-refractivity contribution is 0.00668. The second-order valence-corrected chi connectivity index (χ2v) is 5.35. The quantitative estimate of drug-likeness (QED) is 0.916. The highest BCUT2D eigenvalue weighted by atomic mass is 16.5. The first-order valence-electron chi connectivity index (χ1n) is 7.27. The normalized spacial score (nSPS) is 19.9. The van der Waals surface area contributed by atoms with Crippen LogP contribution in [0.1, 0.15) is 24.8 Å². The average molecular weight is 258 g/mol. The summed E-state index contributed by atoms with van der Waals surface area (Å²) in [6, 6.07) is 8.59. The van der Waals surface area contributed by atoms with Gasteiger partial charge in [-0.15, -0.1) is 0 Å². The number of hydrogen-bond donors (Lipinski definition) is 1. The third kappa shape index (κ3) is 2.67. The van der Waals surface area contributed by atoms with Crippen molar-refractivity contribution in [2.45, 2.75) is 38.3 Å². The molecule has 3 nitrogen and oxygen atoms in total. The number of ether oxygens (including phenoxy) is 1. The number of para-hydroxylation sites is 1. The summed E-state index contributed by atoms with van der Waals surface area (Å²) in [5, 5.41) is 1.34. The van der Waals surface area contributed by atoms with E-state index in [2.05, 4.69) is 35.0 Å². The second kappa shape index (κ2) is 5.76. The smallest absolute Gasteiger partial charge is 0.0754 e. The molecule has 3 rings (SSSR count). The highest BCUT2D eigenvalue weighted by Crippen LogP contribution is 2.24. The Kier molecular flexibility index (Phi) is 3.85. The maximum atomic E-state index is 5.85. The fourth-order valence-electron chi connectivity index (χ4n) is 3.00. The maximum Gasteiger partial charge on any atom is 0.0754 e. The number of rotatable bonds is 4. The molecule has 1 aliphatic heterocycles. The average Bonchev–Trinajstić information content (AvgIpc) is 2.79. The molecule has 0 aliphatic carbocycles. The highest BCUT2D eigenvalue weighted by molar-refractivity contribution is 5.84. The molecule has 2 aromatic rings. The van der Waals surface area contributed by atoms with Gasteiger partial charge in [0.25, 0.3) is 0 Å². The van der Waals surface area contributed by atoms with Crippen LogP contribution in [-0.2, 0) is 17.7 Å². The molecule has 2 N–H and O–H groups in total. The summed E-state index contributed by atoms with van der Waals surface area (Å²) in [4.78, 5) is 0. The van der Waals surface area contributed by atoms with Crippen molar-refractivity contribution in [3.63, 3.8) is 0 Å². The van der Waals surface area contributed by atoms with Crippen LogP contribution < -0.4 is 5.73 Å². The van der Waals surface area contributed by atoms with Crippen LogP contribution >= 0.6 is 0 Å². The summed E-state index contributed by atoms with van der Waals surface area (Å²) < 4.78 is 8.20. The molecule has 3 heteroatoms. The predicted molar refractivity (Wildman–Crippen MR) is 78.3 cm³/mol. The summed E-state index contributed by atoms with van der Waals surface area (Å²) in [7, 11) is 0. The lowest BCUT2D eigenvalue weighted by Crippen LogP contribution is -2.24. The van der Waals surface area contributed by atoms with E-state index in [0.717, 1.165) is 19.6 Å². The Morgan fingerprint density at radius 1 is 1.26 bits per heavy atom. The molecule has 102 valence electrons. The highest BCUT2D eigenvalue weighted by Gasteiger charge is 2.16. The standard InChI is InChI=1S/C16H22N2O/c17-9-8-13-11-18(12-14-5-3-4-10-19-14)16-7-2-1-6-15(13)16/h1-2,6-7,11,14H,3-5,8-10,12,17H2. The number of hydrogen-bond acceptors (Lipinski definition) is 2. The topological polar surface area (TPSA) is 40.2 Å². The van der Waals surface area contributed by atoms with Gasteiger partial charge >= 0.3 is 0 Å². The number of nitrogens with zero attached hydrogens (tertiary/aromatic N) is 1. The van der Waals surface area contributed by atoms with Gasteiger partial charge in [0.1, 0.15) is 0 Å². The molecule has 1 fully saturated rings. The van der Waals surface area contributed by atoms with Crippen LogP contribution in [0.4, 0.5) is 0 Å². The molecule has 1 aliphatic rings. The minimum atomic E-state index is 0.371. The van der Waals surface area contributed by atoms with Crippen LogP contribution in [-0.4, -0.2) is 23.8 Å². The van der Waals surface area contributed by atoms with E-state index in [0.29, 0.717) is 12.6 Å². The van der Waals surface area contributed by atoms with Crippen molar-refractivity contribution in [2.75, 3.05) is 13.2 Å². The first-order valence-corrected chi connectivity index (χ1v) is 7.27. The van der Waals surface area contributed by atoms with Gasteiger partial charge in [-0.05, 0) is 43.9 Å². The minimum Gasteiger partial charge on any atom is -0.376 e. The Balaban J connectivity index is 1.89. The molecule has 2 heterocycles. The molecule has 0 radical (unpaired) electrons. The largest absolute Gasteiger partial charge is 0.376 e. The molecule has 1 aromatic carbocycles. The first-order chi connectivity index (χ1) is 9.38. The van der Waals surface area contributed by atoms with Crippen LogP contribution in [0.2, 0.25) is 0 Å². The zero-order chi connectivity index (χ0) is 13.1. The monoisotopic (exact) mass is 258 g/mol. The summed E-state index contributed by atoms with van der Waals surface area (Å²) in [6.07, 6.45) is 7.25. The van der Waals surface area contributed by atoms with Gasteiger partial charge in [-0.1, -0.05) is 18.2 Å². The van der Waals surface area contributed by atoms with Crippen molar-refractivity contribution < 1.29 is 4.74 Å². The Morgan fingerprint density at radius 3 is 2.95 bits per heavy atom. The van der Waals surface area contributed by atoms with Crippen molar-refractivity contribution in [3.8, 4) is 0 Å². The lowest BCUT2D eigenvalue weighted by atomic mass is 10.1. The summed E-state index contributed by atoms with van der Waals surface area (Å²) in [5.41, 5.74) is 8.37. The second-order valence-electron chi connectivity index (χ2n) is 5.35. The van der Waals surface area contributed by atoms with Crippen molar-refractivity contribution in [1.82, 2.24) is 4.57 Å². The Morgan fingerprint density at radius 2 is 2.16 bits per heavy atom. The SMILES string of the molecule is NCCc1cn(CC2CCCCO2)c2ccccc12. The van der Waals surface area contributed by atoms with Crippen molar-refractivity contribution in [1.29, 1.82) is 0 Å². The third-order valence-electron chi connectivity index (χ3n) is 3.96. The van der Waals surface area contributed by atoms with E-state index in [9.17, 15) is 0 Å². The zero-order valence-corrected chi connectivity index (χ0v) is 11.3.